The molecule has 5 rings (SSSR count). The number of anilines is 4. The number of sulfonamides is 1. The van der Waals surface area contributed by atoms with E-state index in [9.17, 15) is 13.2 Å². The highest BCUT2D eigenvalue weighted by atomic mass is 32.2. The number of carbonyl (C=O) groups excluding carboxylic acids is 1. The first kappa shape index (κ1) is 26.2. The lowest BCUT2D eigenvalue weighted by Crippen LogP contribution is -2.43. The molecule has 11 heteroatoms. The molecule has 38 heavy (non-hydrogen) atoms. The highest BCUT2D eigenvalue weighted by Gasteiger charge is 2.27. The summed E-state index contributed by atoms with van der Waals surface area (Å²) < 4.78 is 30.9. The molecule has 0 amide bonds. The fourth-order valence-electron chi connectivity index (χ4n) is 5.37. The molecule has 2 heterocycles. The molecule has 3 N–H and O–H groups in total. The number of carbonyl (C=O) groups is 1. The van der Waals surface area contributed by atoms with E-state index >= 15 is 0 Å². The molecular weight excluding hydrogens is 504 g/mol. The van der Waals surface area contributed by atoms with Crippen molar-refractivity contribution in [2.75, 3.05) is 41.8 Å². The van der Waals surface area contributed by atoms with Crippen molar-refractivity contribution in [3.05, 3.63) is 48.0 Å². The van der Waals surface area contributed by atoms with Gasteiger partial charge in [-0.2, -0.15) is 4.98 Å². The van der Waals surface area contributed by atoms with E-state index in [1.807, 2.05) is 0 Å². The van der Waals surface area contributed by atoms with Gasteiger partial charge in [-0.3, -0.25) is 4.72 Å². The number of hydrogen-bond acceptors (Lipinski definition) is 9. The van der Waals surface area contributed by atoms with Gasteiger partial charge >= 0.3 is 5.97 Å². The SMILES string of the molecule is COC(=O)c1ccc(Nc2nc(NC3CCN(C4CCCC4)CC3)nc3ccc(NS(C)(=O)=O)cc23)cc1. The summed E-state index contributed by atoms with van der Waals surface area (Å²) in [5, 5.41) is 7.51. The minimum absolute atomic E-state index is 0.281. The number of nitrogens with one attached hydrogen (secondary N) is 3. The Morgan fingerprint density at radius 1 is 0.974 bits per heavy atom. The summed E-state index contributed by atoms with van der Waals surface area (Å²) in [5.74, 6) is 0.643. The molecule has 2 fully saturated rings. The Hall–Kier alpha value is -3.44. The van der Waals surface area contributed by atoms with Gasteiger partial charge in [-0.15, -0.1) is 0 Å². The fourth-order valence-corrected chi connectivity index (χ4v) is 5.93. The van der Waals surface area contributed by atoms with E-state index in [0.29, 0.717) is 33.9 Å². The highest BCUT2D eigenvalue weighted by molar-refractivity contribution is 7.92. The molecular formula is C27H34N6O4S. The van der Waals surface area contributed by atoms with Crippen LogP contribution < -0.4 is 15.4 Å². The van der Waals surface area contributed by atoms with Crippen LogP contribution in [-0.2, 0) is 14.8 Å². The lowest BCUT2D eigenvalue weighted by molar-refractivity contribution is 0.0600. The smallest absolute Gasteiger partial charge is 0.337 e. The van der Waals surface area contributed by atoms with Crippen molar-refractivity contribution in [3.63, 3.8) is 0 Å². The molecule has 0 unspecified atom stereocenters. The molecule has 1 aliphatic heterocycles. The lowest BCUT2D eigenvalue weighted by Gasteiger charge is -2.36. The van der Waals surface area contributed by atoms with Gasteiger partial charge in [-0.05, 0) is 68.1 Å². The van der Waals surface area contributed by atoms with Crippen molar-refractivity contribution >= 4 is 50.0 Å². The van der Waals surface area contributed by atoms with Crippen molar-refractivity contribution in [1.82, 2.24) is 14.9 Å². The summed E-state index contributed by atoms with van der Waals surface area (Å²) in [6, 6.07) is 13.1. The predicted octanol–water partition coefficient (Wildman–Crippen LogP) is 4.35. The van der Waals surface area contributed by atoms with Crippen LogP contribution in [0.15, 0.2) is 42.5 Å². The summed E-state index contributed by atoms with van der Waals surface area (Å²) in [5.41, 5.74) is 2.26. The topological polar surface area (TPSA) is 126 Å². The van der Waals surface area contributed by atoms with Gasteiger partial charge in [0.05, 0.1) is 24.4 Å². The zero-order valence-corrected chi connectivity index (χ0v) is 22.6. The molecule has 202 valence electrons. The summed E-state index contributed by atoms with van der Waals surface area (Å²) in [4.78, 5) is 24.0. The first-order chi connectivity index (χ1) is 18.3. The molecule has 3 aromatic rings. The number of hydrogen-bond donors (Lipinski definition) is 3. The van der Waals surface area contributed by atoms with Crippen LogP contribution in [0.3, 0.4) is 0 Å². The standard InChI is InChI=1S/C27H34N6O4S/c1-37-26(34)18-7-9-19(10-8-18)28-25-23-17-21(32-38(2,35)36)11-12-24(23)30-27(31-25)29-20-13-15-33(16-14-20)22-5-3-4-6-22/h7-12,17,20,22,32H,3-6,13-16H2,1-2H3,(H2,28,29,30,31). The van der Waals surface area contributed by atoms with E-state index in [1.54, 1.807) is 42.5 Å². The van der Waals surface area contributed by atoms with Gasteiger partial charge in [0.15, 0.2) is 0 Å². The Morgan fingerprint density at radius 3 is 2.32 bits per heavy atom. The molecule has 1 saturated heterocycles. The maximum absolute atomic E-state index is 11.8. The quantitative estimate of drug-likeness (QED) is 0.359. The van der Waals surface area contributed by atoms with Crippen molar-refractivity contribution in [3.8, 4) is 0 Å². The van der Waals surface area contributed by atoms with Crippen molar-refractivity contribution in [2.45, 2.75) is 50.6 Å². The number of piperidine rings is 1. The second kappa shape index (κ2) is 11.1. The van der Waals surface area contributed by atoms with E-state index in [0.717, 1.165) is 43.9 Å². The van der Waals surface area contributed by atoms with Crippen molar-refractivity contribution in [2.24, 2.45) is 0 Å². The van der Waals surface area contributed by atoms with Crippen LogP contribution in [-0.4, -0.2) is 67.8 Å². The molecule has 0 spiro atoms. The second-order valence-electron chi connectivity index (χ2n) is 10.1. The van der Waals surface area contributed by atoms with Gasteiger partial charge in [0.25, 0.3) is 0 Å². The van der Waals surface area contributed by atoms with Crippen LogP contribution >= 0.6 is 0 Å². The minimum atomic E-state index is -3.44. The molecule has 1 saturated carbocycles. The normalized spacial score (nSPS) is 17.4. The number of ether oxygens (including phenoxy) is 1. The molecule has 2 aromatic carbocycles. The van der Waals surface area contributed by atoms with Crippen LogP contribution in [0.2, 0.25) is 0 Å². The zero-order chi connectivity index (χ0) is 26.7. The van der Waals surface area contributed by atoms with E-state index in [4.69, 9.17) is 14.7 Å². The largest absolute Gasteiger partial charge is 0.465 e. The van der Waals surface area contributed by atoms with Gasteiger partial charge in [0, 0.05) is 41.9 Å². The summed E-state index contributed by atoms with van der Waals surface area (Å²) in [6.45, 7) is 2.15. The lowest BCUT2D eigenvalue weighted by atomic mass is 10.0. The maximum Gasteiger partial charge on any atom is 0.337 e. The first-order valence-corrected chi connectivity index (χ1v) is 14.9. The van der Waals surface area contributed by atoms with Gasteiger partial charge in [-0.25, -0.2) is 18.2 Å². The fraction of sp³-hybridized carbons (Fsp3) is 0.444. The van der Waals surface area contributed by atoms with Gasteiger partial charge in [0.2, 0.25) is 16.0 Å². The first-order valence-electron chi connectivity index (χ1n) is 13.0. The Morgan fingerprint density at radius 2 is 1.66 bits per heavy atom. The molecule has 1 aromatic heterocycles. The third-order valence-electron chi connectivity index (χ3n) is 7.27. The van der Waals surface area contributed by atoms with Crippen LogP contribution in [0.4, 0.5) is 23.1 Å². The number of nitrogens with zero attached hydrogens (tertiary/aromatic N) is 3. The molecule has 1 aliphatic carbocycles. The molecule has 0 bridgehead atoms. The third kappa shape index (κ3) is 6.33. The van der Waals surface area contributed by atoms with Crippen LogP contribution in [0.25, 0.3) is 10.9 Å². The van der Waals surface area contributed by atoms with Crippen LogP contribution in [0.5, 0.6) is 0 Å². The van der Waals surface area contributed by atoms with Crippen molar-refractivity contribution < 1.29 is 17.9 Å². The average Bonchev–Trinajstić information content (AvgIpc) is 3.44. The van der Waals surface area contributed by atoms with Gasteiger partial charge < -0.3 is 20.3 Å². The van der Waals surface area contributed by atoms with E-state index in [1.165, 1.54) is 32.8 Å². The zero-order valence-electron chi connectivity index (χ0n) is 21.7. The molecule has 0 radical (unpaired) electrons. The Kier molecular flexibility index (Phi) is 7.66. The van der Waals surface area contributed by atoms with Crippen LogP contribution in [0, 0.1) is 0 Å². The van der Waals surface area contributed by atoms with Crippen LogP contribution in [0.1, 0.15) is 48.9 Å². The van der Waals surface area contributed by atoms with E-state index in [-0.39, 0.29) is 6.04 Å². The van der Waals surface area contributed by atoms with E-state index < -0.39 is 16.0 Å². The summed E-state index contributed by atoms with van der Waals surface area (Å²) in [6.07, 6.45) is 8.50. The minimum Gasteiger partial charge on any atom is -0.465 e. The average molecular weight is 539 g/mol. The Balaban J connectivity index is 1.40. The molecule has 2 aliphatic rings. The molecule has 10 nitrogen and oxygen atoms in total. The predicted molar refractivity (Wildman–Crippen MR) is 150 cm³/mol. The third-order valence-corrected chi connectivity index (χ3v) is 7.88. The van der Waals surface area contributed by atoms with Gasteiger partial charge in [0.1, 0.15) is 5.82 Å². The Bertz CT molecular complexity index is 1400. The number of likely N-dealkylation sites (tertiary alicyclic amines) is 1. The number of fused-ring (bicyclic) bond motifs is 1. The monoisotopic (exact) mass is 538 g/mol. The number of methoxy groups -OCH3 is 1. The Labute approximate surface area is 223 Å². The number of aromatic nitrogens is 2. The maximum atomic E-state index is 11.8. The number of benzene rings is 2. The summed E-state index contributed by atoms with van der Waals surface area (Å²) in [7, 11) is -2.10. The second-order valence-corrected chi connectivity index (χ2v) is 11.8. The molecule has 0 atom stereocenters. The van der Waals surface area contributed by atoms with Gasteiger partial charge in [-0.1, -0.05) is 12.8 Å². The van der Waals surface area contributed by atoms with Crippen molar-refractivity contribution in [1.29, 1.82) is 0 Å². The van der Waals surface area contributed by atoms with E-state index in [2.05, 4.69) is 20.3 Å². The number of esters is 1. The summed E-state index contributed by atoms with van der Waals surface area (Å²) >= 11 is 0. The highest BCUT2D eigenvalue weighted by Crippen LogP contribution is 2.30. The number of rotatable bonds is 8.